The zero-order valence-corrected chi connectivity index (χ0v) is 7.29. The van der Waals surface area contributed by atoms with Gasteiger partial charge in [0.2, 0.25) is 0 Å². The zero-order chi connectivity index (χ0) is 8.55. The molecule has 0 unspecified atom stereocenters. The van der Waals surface area contributed by atoms with Crippen molar-refractivity contribution in [3.8, 4) is 0 Å². The predicted molar refractivity (Wildman–Crippen MR) is 42.6 cm³/mol. The third kappa shape index (κ3) is 1.39. The van der Waals surface area contributed by atoms with E-state index in [1.54, 1.807) is 6.92 Å². The quantitative estimate of drug-likeness (QED) is 0.619. The van der Waals surface area contributed by atoms with Gasteiger partial charge in [-0.05, 0) is 19.3 Å². The highest BCUT2D eigenvalue weighted by Crippen LogP contribution is 2.37. The van der Waals surface area contributed by atoms with Crippen LogP contribution in [0, 0.1) is 11.8 Å². The summed E-state index contributed by atoms with van der Waals surface area (Å²) in [6, 6.07) is 0. The molecule has 0 aromatic heterocycles. The largest absolute Gasteiger partial charge is 0.352 e. The Kier molecular flexibility index (Phi) is 2.15. The minimum absolute atomic E-state index is 0.00523. The first-order valence-electron chi connectivity index (χ1n) is 4.50. The number of Topliss-reactive ketones (excluding diaryl/α,β-unsaturated/α-hetero) is 1. The van der Waals surface area contributed by atoms with Gasteiger partial charge in [-0.1, -0.05) is 0 Å². The Hall–Kier alpha value is -0.410. The normalized spacial score (nSPS) is 39.9. The van der Waals surface area contributed by atoms with E-state index in [2.05, 4.69) is 0 Å². The van der Waals surface area contributed by atoms with E-state index in [-0.39, 0.29) is 12.1 Å². The molecule has 0 aromatic carbocycles. The maximum atomic E-state index is 10.9. The minimum atomic E-state index is -0.00523. The van der Waals surface area contributed by atoms with Crippen molar-refractivity contribution in [2.24, 2.45) is 11.8 Å². The Bertz CT molecular complexity index is 190. The summed E-state index contributed by atoms with van der Waals surface area (Å²) < 4.78 is 10.8. The van der Waals surface area contributed by atoms with Gasteiger partial charge in [-0.15, -0.1) is 0 Å². The molecule has 0 aromatic rings. The van der Waals surface area contributed by atoms with Crippen LogP contribution >= 0.6 is 0 Å². The molecule has 0 aliphatic carbocycles. The third-order valence-corrected chi connectivity index (χ3v) is 2.71. The molecule has 2 heterocycles. The van der Waals surface area contributed by atoms with Crippen LogP contribution in [0.3, 0.4) is 0 Å². The molecule has 2 aliphatic heterocycles. The molecule has 2 aliphatic rings. The van der Waals surface area contributed by atoms with Crippen molar-refractivity contribution in [3.63, 3.8) is 0 Å². The van der Waals surface area contributed by atoms with Crippen LogP contribution in [0.25, 0.3) is 0 Å². The number of hydrogen-bond donors (Lipinski definition) is 0. The van der Waals surface area contributed by atoms with Crippen LogP contribution in [0.15, 0.2) is 0 Å². The van der Waals surface area contributed by atoms with E-state index in [1.807, 2.05) is 0 Å². The van der Waals surface area contributed by atoms with Gasteiger partial charge in [0.1, 0.15) is 5.78 Å². The molecule has 2 fully saturated rings. The Morgan fingerprint density at radius 2 is 2.33 bits per heavy atom. The van der Waals surface area contributed by atoms with Crippen LogP contribution in [0.1, 0.15) is 19.8 Å². The van der Waals surface area contributed by atoms with Crippen molar-refractivity contribution < 1.29 is 14.3 Å². The molecule has 0 amide bonds. The van der Waals surface area contributed by atoms with E-state index in [4.69, 9.17) is 9.47 Å². The Morgan fingerprint density at radius 3 is 3.08 bits per heavy atom. The van der Waals surface area contributed by atoms with Crippen LogP contribution in [-0.4, -0.2) is 25.3 Å². The van der Waals surface area contributed by atoms with Crippen LogP contribution in [0.5, 0.6) is 0 Å². The van der Waals surface area contributed by atoms with E-state index in [0.29, 0.717) is 24.9 Å². The molecule has 0 spiro atoms. The lowest BCUT2D eigenvalue weighted by molar-refractivity contribution is -0.118. The van der Waals surface area contributed by atoms with Crippen LogP contribution < -0.4 is 0 Å². The average molecular weight is 170 g/mol. The first-order chi connectivity index (χ1) is 5.77. The van der Waals surface area contributed by atoms with E-state index in [9.17, 15) is 4.79 Å². The highest BCUT2D eigenvalue weighted by molar-refractivity contribution is 5.75. The lowest BCUT2D eigenvalue weighted by Gasteiger charge is -2.11. The first-order valence-corrected chi connectivity index (χ1v) is 4.50. The maximum Gasteiger partial charge on any atom is 0.160 e. The summed E-state index contributed by atoms with van der Waals surface area (Å²) in [5.41, 5.74) is 0. The lowest BCUT2D eigenvalue weighted by Crippen LogP contribution is -2.16. The molecule has 0 bridgehead atoms. The summed E-state index contributed by atoms with van der Waals surface area (Å²) in [5.74, 6) is 1.15. The molecule has 2 saturated heterocycles. The molecule has 68 valence electrons. The molecule has 3 atom stereocenters. The second kappa shape index (κ2) is 3.15. The number of ketones is 1. The summed E-state index contributed by atoms with van der Waals surface area (Å²) in [6.07, 6.45) is 1.71. The van der Waals surface area contributed by atoms with Crippen molar-refractivity contribution in [2.45, 2.75) is 26.1 Å². The number of ether oxygens (including phenoxy) is 2. The number of carbonyl (C=O) groups excluding carboxylic acids is 1. The molecule has 0 N–H and O–H groups in total. The van der Waals surface area contributed by atoms with Crippen molar-refractivity contribution in [1.82, 2.24) is 0 Å². The number of fused-ring (bicyclic) bond motifs is 1. The topological polar surface area (TPSA) is 35.5 Å². The SMILES string of the molecule is CC(=O)C[C@H]1CO[C@H]2OCC[C@@H]12. The van der Waals surface area contributed by atoms with Gasteiger partial charge in [-0.25, -0.2) is 0 Å². The van der Waals surface area contributed by atoms with Gasteiger partial charge in [0.05, 0.1) is 13.2 Å². The fourth-order valence-corrected chi connectivity index (χ4v) is 2.13. The summed E-state index contributed by atoms with van der Waals surface area (Å²) in [4.78, 5) is 10.9. The summed E-state index contributed by atoms with van der Waals surface area (Å²) in [6.45, 7) is 3.14. The van der Waals surface area contributed by atoms with Gasteiger partial charge in [0, 0.05) is 12.3 Å². The third-order valence-electron chi connectivity index (χ3n) is 2.71. The first kappa shape index (κ1) is 8.20. The predicted octanol–water partition coefficient (Wildman–Crippen LogP) is 0.975. The molecule has 0 saturated carbocycles. The van der Waals surface area contributed by atoms with Crippen LogP contribution in [-0.2, 0) is 14.3 Å². The zero-order valence-electron chi connectivity index (χ0n) is 7.29. The average Bonchev–Trinajstić information content (AvgIpc) is 2.52. The Balaban J connectivity index is 1.95. The number of carbonyl (C=O) groups is 1. The van der Waals surface area contributed by atoms with E-state index in [0.717, 1.165) is 13.0 Å². The van der Waals surface area contributed by atoms with Crippen molar-refractivity contribution in [2.75, 3.05) is 13.2 Å². The van der Waals surface area contributed by atoms with Crippen molar-refractivity contribution in [3.05, 3.63) is 0 Å². The fraction of sp³-hybridized carbons (Fsp3) is 0.889. The van der Waals surface area contributed by atoms with Gasteiger partial charge < -0.3 is 14.3 Å². The molecule has 0 radical (unpaired) electrons. The second-order valence-corrected chi connectivity index (χ2v) is 3.69. The summed E-state index contributed by atoms with van der Waals surface area (Å²) in [5, 5.41) is 0. The van der Waals surface area contributed by atoms with E-state index in [1.165, 1.54) is 0 Å². The number of hydrogen-bond acceptors (Lipinski definition) is 3. The number of rotatable bonds is 2. The van der Waals surface area contributed by atoms with Crippen molar-refractivity contribution in [1.29, 1.82) is 0 Å². The fourth-order valence-electron chi connectivity index (χ4n) is 2.13. The highest BCUT2D eigenvalue weighted by atomic mass is 16.7. The molecule has 3 nitrogen and oxygen atoms in total. The minimum Gasteiger partial charge on any atom is -0.352 e. The van der Waals surface area contributed by atoms with Gasteiger partial charge >= 0.3 is 0 Å². The van der Waals surface area contributed by atoms with Crippen molar-refractivity contribution >= 4 is 5.78 Å². The Labute approximate surface area is 72.0 Å². The summed E-state index contributed by atoms with van der Waals surface area (Å²) >= 11 is 0. The van der Waals surface area contributed by atoms with E-state index < -0.39 is 0 Å². The van der Waals surface area contributed by atoms with Gasteiger partial charge in [0.15, 0.2) is 6.29 Å². The van der Waals surface area contributed by atoms with Gasteiger partial charge in [-0.2, -0.15) is 0 Å². The Morgan fingerprint density at radius 1 is 1.50 bits per heavy atom. The molecular weight excluding hydrogens is 156 g/mol. The monoisotopic (exact) mass is 170 g/mol. The lowest BCUT2D eigenvalue weighted by atomic mass is 9.89. The molecule has 3 heteroatoms. The standard InChI is InChI=1S/C9H14O3/c1-6(10)4-7-5-12-9-8(7)2-3-11-9/h7-9H,2-5H2,1H3/t7-,8-,9+/m0/s1. The smallest absolute Gasteiger partial charge is 0.160 e. The van der Waals surface area contributed by atoms with Crippen LogP contribution in [0.4, 0.5) is 0 Å². The second-order valence-electron chi connectivity index (χ2n) is 3.69. The van der Waals surface area contributed by atoms with Gasteiger partial charge in [-0.3, -0.25) is 0 Å². The molecule has 2 rings (SSSR count). The highest BCUT2D eigenvalue weighted by Gasteiger charge is 2.41. The molecular formula is C9H14O3. The molecule has 12 heavy (non-hydrogen) atoms. The summed E-state index contributed by atoms with van der Waals surface area (Å²) in [7, 11) is 0. The van der Waals surface area contributed by atoms with E-state index >= 15 is 0 Å². The van der Waals surface area contributed by atoms with Gasteiger partial charge in [0.25, 0.3) is 0 Å². The van der Waals surface area contributed by atoms with Crippen LogP contribution in [0.2, 0.25) is 0 Å². The maximum absolute atomic E-state index is 10.9.